The number of hydrogen-bond acceptors (Lipinski definition) is 14. The fourth-order valence-electron chi connectivity index (χ4n) is 11.4. The number of rotatable bonds is 81. The van der Waals surface area contributed by atoms with Gasteiger partial charge in [-0.3, -0.25) is 32.5 Å². The van der Waals surface area contributed by atoms with E-state index in [2.05, 4.69) is 191 Å². The van der Waals surface area contributed by atoms with Gasteiger partial charge >= 0.3 is 33.6 Å². The summed E-state index contributed by atoms with van der Waals surface area (Å²) >= 11 is 0. The van der Waals surface area contributed by atoms with Crippen LogP contribution in [0.2, 0.25) is 0 Å². The largest absolute Gasteiger partial charge is 0.472 e. The van der Waals surface area contributed by atoms with E-state index in [1.165, 1.54) is 122 Å². The lowest BCUT2D eigenvalue weighted by atomic mass is 10.0. The van der Waals surface area contributed by atoms with E-state index in [4.69, 9.17) is 32.3 Å². The van der Waals surface area contributed by atoms with Gasteiger partial charge in [0.1, 0.15) is 25.4 Å². The standard InChI is InChI=1S/C93H156O16P2/c1-4-7-10-13-16-19-22-25-28-31-34-36-37-38-39-40-41-42-43-44-45-46-47-48-49-51-54-55-58-61-64-67-70-73-76-79-91(96)103-82-88(94)83-105-110(99,100)106-84-89(95)85-107-111(101,102)108-87-90(109-93(98)81-78-75-72-69-66-63-60-57-52-33-30-27-24-21-18-15-12-9-6-3)86-104-92(97)80-77-74-71-68-65-62-59-56-53-50-35-32-29-26-23-20-17-14-11-8-5-2/h7-8,10-11,16-21,25-30,34-36,38-39,50,52,56-57,59,65,68,88-90,94-95H,4-6,9,12-15,22-24,31-33,37,40-49,51,53-55,58,60-64,66-67,69-87H2,1-3H3,(H,99,100)(H,101,102)/b10-7-,11-8-,19-16-,20-17-,21-18-,28-25-,29-26-,30-27-,36-34-,39-38-,50-35-,57-52-,59-56-,68-65-. The van der Waals surface area contributed by atoms with Gasteiger partial charge in [-0.05, 0) is 154 Å². The third kappa shape index (κ3) is 85.6. The molecule has 0 aromatic carbocycles. The summed E-state index contributed by atoms with van der Waals surface area (Å²) in [5, 5.41) is 20.7. The summed E-state index contributed by atoms with van der Waals surface area (Å²) in [6.45, 7) is 2.38. The fourth-order valence-corrected chi connectivity index (χ4v) is 13.0. The van der Waals surface area contributed by atoms with Crippen LogP contribution in [0.5, 0.6) is 0 Å². The smallest absolute Gasteiger partial charge is 0.463 e. The van der Waals surface area contributed by atoms with E-state index in [-0.39, 0.29) is 19.3 Å². The molecular formula is C93H156O16P2. The molecule has 0 fully saturated rings. The van der Waals surface area contributed by atoms with Gasteiger partial charge in [0.05, 0.1) is 26.4 Å². The van der Waals surface area contributed by atoms with E-state index < -0.39 is 91.5 Å². The second kappa shape index (κ2) is 84.3. The van der Waals surface area contributed by atoms with Crippen LogP contribution in [0.1, 0.15) is 342 Å². The van der Waals surface area contributed by atoms with Crippen molar-refractivity contribution < 1.29 is 75.8 Å². The predicted octanol–water partition coefficient (Wildman–Crippen LogP) is 26.3. The SMILES string of the molecule is CC/C=C\C/C=C\C/C=C\C/C=C\C/C=C\C/C=C\CCCCC(=O)OCC(COP(=O)(O)OCC(O)COP(=O)(O)OCC(O)COC(=O)CCCCCCCCCCCCCCCCCCCCC/C=C\C/C=C\C/C=C\C/C=C\C/C=C\CC)OC(=O)CCCCCCCC/C=C\C/C=C\C/C=C\CCCCC. The Morgan fingerprint density at radius 2 is 0.477 bits per heavy atom. The van der Waals surface area contributed by atoms with Crippen LogP contribution >= 0.6 is 15.6 Å². The number of phosphoric ester groups is 2. The molecule has 0 bridgehead atoms. The highest BCUT2D eigenvalue weighted by molar-refractivity contribution is 7.47. The lowest BCUT2D eigenvalue weighted by molar-refractivity contribution is -0.161. The molecule has 0 aliphatic heterocycles. The number of allylic oxidation sites excluding steroid dienone is 28. The minimum atomic E-state index is -4.95. The summed E-state index contributed by atoms with van der Waals surface area (Å²) in [6.07, 6.45) is 108. The highest BCUT2D eigenvalue weighted by atomic mass is 31.2. The van der Waals surface area contributed by atoms with E-state index in [1.54, 1.807) is 0 Å². The molecule has 0 heterocycles. The van der Waals surface area contributed by atoms with Gasteiger partial charge in [-0.15, -0.1) is 0 Å². The number of aliphatic hydroxyl groups is 2. The molecule has 0 radical (unpaired) electrons. The predicted molar refractivity (Wildman–Crippen MR) is 463 cm³/mol. The number of unbranched alkanes of at least 4 members (excludes halogenated alkanes) is 30. The first-order chi connectivity index (χ1) is 54.2. The number of ether oxygens (including phenoxy) is 3. The van der Waals surface area contributed by atoms with Crippen LogP contribution in [0, 0.1) is 0 Å². The molecule has 0 aliphatic rings. The summed E-state index contributed by atoms with van der Waals surface area (Å²) in [5.41, 5.74) is 0. The molecule has 0 saturated heterocycles. The number of aliphatic hydroxyl groups excluding tert-OH is 2. The summed E-state index contributed by atoms with van der Waals surface area (Å²) in [7, 11) is -9.82. The van der Waals surface area contributed by atoms with Gasteiger partial charge in [-0.2, -0.15) is 0 Å². The molecule has 5 atom stereocenters. The molecule has 0 amide bonds. The third-order valence-corrected chi connectivity index (χ3v) is 19.8. The van der Waals surface area contributed by atoms with Crippen molar-refractivity contribution in [3.05, 3.63) is 170 Å². The van der Waals surface area contributed by atoms with Crippen LogP contribution in [0.4, 0.5) is 0 Å². The van der Waals surface area contributed by atoms with Crippen LogP contribution in [0.25, 0.3) is 0 Å². The maximum absolute atomic E-state index is 13.0. The number of carbonyl (C=O) groups is 3. The van der Waals surface area contributed by atoms with E-state index in [0.29, 0.717) is 19.3 Å². The van der Waals surface area contributed by atoms with E-state index >= 15 is 0 Å². The van der Waals surface area contributed by atoms with E-state index in [0.717, 1.165) is 161 Å². The van der Waals surface area contributed by atoms with Crippen molar-refractivity contribution in [1.82, 2.24) is 0 Å². The fraction of sp³-hybridized carbons (Fsp3) is 0.667. The van der Waals surface area contributed by atoms with Gasteiger partial charge in [0, 0.05) is 19.3 Å². The van der Waals surface area contributed by atoms with Crippen molar-refractivity contribution in [2.24, 2.45) is 0 Å². The zero-order valence-electron chi connectivity index (χ0n) is 69.6. The van der Waals surface area contributed by atoms with Gasteiger partial charge in [-0.25, -0.2) is 9.13 Å². The average molecular weight is 1590 g/mol. The van der Waals surface area contributed by atoms with E-state index in [1.807, 2.05) is 0 Å². The van der Waals surface area contributed by atoms with E-state index in [9.17, 15) is 43.5 Å². The van der Waals surface area contributed by atoms with Crippen LogP contribution in [-0.4, -0.2) is 95.9 Å². The van der Waals surface area contributed by atoms with Gasteiger partial charge in [0.2, 0.25) is 0 Å². The number of phosphoric acid groups is 2. The first kappa shape index (κ1) is 106. The molecule has 5 unspecified atom stereocenters. The van der Waals surface area contributed by atoms with Gasteiger partial charge in [0.25, 0.3) is 0 Å². The maximum atomic E-state index is 13.0. The molecule has 16 nitrogen and oxygen atoms in total. The van der Waals surface area contributed by atoms with Crippen molar-refractivity contribution >= 4 is 33.6 Å². The molecular weight excluding hydrogens is 1430 g/mol. The second-order valence-corrected chi connectivity index (χ2v) is 31.5. The Kier molecular flexibility index (Phi) is 80.4. The Balaban J connectivity index is 4.52. The quantitative estimate of drug-likeness (QED) is 0.0146. The zero-order chi connectivity index (χ0) is 80.8. The Labute approximate surface area is 675 Å². The molecule has 18 heteroatoms. The first-order valence-electron chi connectivity index (χ1n) is 43.4. The molecule has 0 aliphatic carbocycles. The van der Waals surface area contributed by atoms with Gasteiger partial charge in [0.15, 0.2) is 6.10 Å². The number of carbonyl (C=O) groups excluding carboxylic acids is 3. The summed E-state index contributed by atoms with van der Waals surface area (Å²) < 4.78 is 61.3. The molecule has 0 saturated carbocycles. The van der Waals surface area contributed by atoms with Crippen molar-refractivity contribution in [3.8, 4) is 0 Å². The molecule has 0 aromatic rings. The lowest BCUT2D eigenvalue weighted by Crippen LogP contribution is -2.30. The molecule has 0 aromatic heterocycles. The normalized spacial score (nSPS) is 14.7. The van der Waals surface area contributed by atoms with Crippen LogP contribution in [-0.2, 0) is 55.8 Å². The Morgan fingerprint density at radius 3 is 0.775 bits per heavy atom. The van der Waals surface area contributed by atoms with Crippen LogP contribution in [0.15, 0.2) is 170 Å². The maximum Gasteiger partial charge on any atom is 0.472 e. The monoisotopic (exact) mass is 1590 g/mol. The molecule has 111 heavy (non-hydrogen) atoms. The lowest BCUT2D eigenvalue weighted by Gasteiger charge is -2.21. The number of esters is 3. The summed E-state index contributed by atoms with van der Waals surface area (Å²) in [4.78, 5) is 58.8. The molecule has 4 N–H and O–H groups in total. The van der Waals surface area contributed by atoms with Crippen molar-refractivity contribution in [2.45, 2.75) is 360 Å². The highest BCUT2D eigenvalue weighted by Crippen LogP contribution is 2.45. The van der Waals surface area contributed by atoms with Crippen molar-refractivity contribution in [1.29, 1.82) is 0 Å². The van der Waals surface area contributed by atoms with Crippen molar-refractivity contribution in [2.75, 3.05) is 39.6 Å². The Bertz CT molecular complexity index is 2700. The van der Waals surface area contributed by atoms with Gasteiger partial charge in [-0.1, -0.05) is 339 Å². The highest BCUT2D eigenvalue weighted by Gasteiger charge is 2.29. The third-order valence-electron chi connectivity index (χ3n) is 17.9. The first-order valence-corrected chi connectivity index (χ1v) is 46.4. The topological polar surface area (TPSA) is 231 Å². The second-order valence-electron chi connectivity index (χ2n) is 28.6. The van der Waals surface area contributed by atoms with Crippen molar-refractivity contribution in [3.63, 3.8) is 0 Å². The molecule has 634 valence electrons. The summed E-state index contributed by atoms with van der Waals surface area (Å²) in [5.74, 6) is -1.64. The average Bonchev–Trinajstić information content (AvgIpc) is 0.902. The van der Waals surface area contributed by atoms with Crippen LogP contribution in [0.3, 0.4) is 0 Å². The molecule has 0 spiro atoms. The Hall–Kier alpha value is -5.09. The summed E-state index contributed by atoms with van der Waals surface area (Å²) in [6, 6.07) is 0. The van der Waals surface area contributed by atoms with Gasteiger partial charge < -0.3 is 34.2 Å². The minimum Gasteiger partial charge on any atom is -0.463 e. The Morgan fingerprint density at radius 1 is 0.261 bits per heavy atom. The zero-order valence-corrected chi connectivity index (χ0v) is 71.4. The molecule has 0 rings (SSSR count). The van der Waals surface area contributed by atoms with Crippen LogP contribution < -0.4 is 0 Å². The number of hydrogen-bond donors (Lipinski definition) is 4. The minimum absolute atomic E-state index is 0.0752.